The largest absolute Gasteiger partial charge is 0.319 e. The Bertz CT molecular complexity index is 325. The van der Waals surface area contributed by atoms with Crippen LogP contribution in [0.25, 0.3) is 0 Å². The lowest BCUT2D eigenvalue weighted by molar-refractivity contribution is 0.457. The molecule has 1 rings (SSSR count). The molecule has 15 heavy (non-hydrogen) atoms. The Morgan fingerprint density at radius 1 is 1.40 bits per heavy atom. The Kier molecular flexibility index (Phi) is 4.55. The molecule has 0 aliphatic carbocycles. The Labute approximate surface area is 95.6 Å². The molecule has 1 aromatic rings. The molecule has 0 aliphatic rings. The lowest BCUT2D eigenvalue weighted by atomic mass is 9.88. The Morgan fingerprint density at radius 3 is 2.60 bits per heavy atom. The monoisotopic (exact) mass is 229 g/mol. The van der Waals surface area contributed by atoms with Crippen molar-refractivity contribution in [2.45, 2.75) is 19.8 Å². The van der Waals surface area contributed by atoms with Crippen LogP contribution in [0.15, 0.2) is 18.2 Å². The second-order valence-electron chi connectivity index (χ2n) is 4.07. The SMILES string of the molecule is CNCC(c1cc(Cl)ccc1F)C(C)C. The zero-order chi connectivity index (χ0) is 11.4. The number of hydrogen-bond donors (Lipinski definition) is 1. The van der Waals surface area contributed by atoms with Gasteiger partial charge in [-0.1, -0.05) is 25.4 Å². The summed E-state index contributed by atoms with van der Waals surface area (Å²) in [6.45, 7) is 4.93. The van der Waals surface area contributed by atoms with Crippen molar-refractivity contribution in [1.29, 1.82) is 0 Å². The van der Waals surface area contributed by atoms with Crippen LogP contribution in [0, 0.1) is 11.7 Å². The summed E-state index contributed by atoms with van der Waals surface area (Å²) in [7, 11) is 1.87. The van der Waals surface area contributed by atoms with Crippen molar-refractivity contribution in [1.82, 2.24) is 5.32 Å². The molecule has 0 bridgehead atoms. The van der Waals surface area contributed by atoms with Gasteiger partial charge in [0.1, 0.15) is 5.82 Å². The van der Waals surface area contributed by atoms with Gasteiger partial charge in [-0.25, -0.2) is 4.39 Å². The highest BCUT2D eigenvalue weighted by Gasteiger charge is 2.18. The zero-order valence-corrected chi connectivity index (χ0v) is 10.1. The average Bonchev–Trinajstić information content (AvgIpc) is 2.18. The fourth-order valence-electron chi connectivity index (χ4n) is 1.72. The molecular weight excluding hydrogens is 213 g/mol. The summed E-state index contributed by atoms with van der Waals surface area (Å²) < 4.78 is 13.6. The maximum Gasteiger partial charge on any atom is 0.126 e. The number of halogens is 2. The highest BCUT2D eigenvalue weighted by atomic mass is 35.5. The molecule has 1 unspecified atom stereocenters. The summed E-state index contributed by atoms with van der Waals surface area (Å²) in [5.74, 6) is 0.368. The maximum absolute atomic E-state index is 13.6. The molecule has 0 fully saturated rings. The van der Waals surface area contributed by atoms with E-state index in [1.54, 1.807) is 12.1 Å². The van der Waals surface area contributed by atoms with E-state index in [0.717, 1.165) is 6.54 Å². The van der Waals surface area contributed by atoms with Crippen LogP contribution < -0.4 is 5.32 Å². The topological polar surface area (TPSA) is 12.0 Å². The van der Waals surface area contributed by atoms with Crippen molar-refractivity contribution in [2.75, 3.05) is 13.6 Å². The lowest BCUT2D eigenvalue weighted by Crippen LogP contribution is -2.22. The van der Waals surface area contributed by atoms with E-state index in [0.29, 0.717) is 16.5 Å². The molecule has 0 spiro atoms. The Hall–Kier alpha value is -0.600. The van der Waals surface area contributed by atoms with E-state index < -0.39 is 0 Å². The molecule has 0 aromatic heterocycles. The first kappa shape index (κ1) is 12.5. The summed E-state index contributed by atoms with van der Waals surface area (Å²) in [4.78, 5) is 0. The minimum absolute atomic E-state index is 0.161. The molecular formula is C12H17ClFN. The molecule has 1 nitrogen and oxygen atoms in total. The third-order valence-corrected chi connectivity index (χ3v) is 2.82. The number of benzene rings is 1. The van der Waals surface area contributed by atoms with Crippen molar-refractivity contribution < 1.29 is 4.39 Å². The second-order valence-corrected chi connectivity index (χ2v) is 4.51. The molecule has 0 saturated carbocycles. The molecule has 0 heterocycles. The quantitative estimate of drug-likeness (QED) is 0.834. The van der Waals surface area contributed by atoms with E-state index in [1.165, 1.54) is 6.07 Å². The standard InChI is InChI=1S/C12H17ClFN/c1-8(2)11(7-15-3)10-6-9(13)4-5-12(10)14/h4-6,8,11,15H,7H2,1-3H3. The first-order chi connectivity index (χ1) is 7.06. The predicted molar refractivity (Wildman–Crippen MR) is 62.9 cm³/mol. The van der Waals surface area contributed by atoms with E-state index in [-0.39, 0.29) is 11.7 Å². The van der Waals surface area contributed by atoms with E-state index in [1.807, 2.05) is 7.05 Å². The van der Waals surface area contributed by atoms with Gasteiger partial charge >= 0.3 is 0 Å². The maximum atomic E-state index is 13.6. The average molecular weight is 230 g/mol. The predicted octanol–water partition coefficient (Wildman–Crippen LogP) is 3.44. The van der Waals surface area contributed by atoms with Crippen LogP contribution in [-0.2, 0) is 0 Å². The molecule has 84 valence electrons. The number of likely N-dealkylation sites (N-methyl/N-ethyl adjacent to an activating group) is 1. The summed E-state index contributed by atoms with van der Waals surface area (Å²) >= 11 is 5.88. The van der Waals surface area contributed by atoms with Gasteiger partial charge < -0.3 is 5.32 Å². The third-order valence-electron chi connectivity index (χ3n) is 2.59. The summed E-state index contributed by atoms with van der Waals surface area (Å²) in [6, 6.07) is 4.73. The Morgan fingerprint density at radius 2 is 2.07 bits per heavy atom. The highest BCUT2D eigenvalue weighted by Crippen LogP contribution is 2.28. The van der Waals surface area contributed by atoms with Crippen LogP contribution in [0.1, 0.15) is 25.3 Å². The van der Waals surface area contributed by atoms with E-state index in [4.69, 9.17) is 11.6 Å². The van der Waals surface area contributed by atoms with Gasteiger partial charge in [-0.2, -0.15) is 0 Å². The number of hydrogen-bond acceptors (Lipinski definition) is 1. The molecule has 0 radical (unpaired) electrons. The number of rotatable bonds is 4. The fourth-order valence-corrected chi connectivity index (χ4v) is 1.90. The van der Waals surface area contributed by atoms with Crippen molar-refractivity contribution in [3.63, 3.8) is 0 Å². The molecule has 1 aromatic carbocycles. The van der Waals surface area contributed by atoms with Gasteiger partial charge in [0.2, 0.25) is 0 Å². The molecule has 1 atom stereocenters. The Balaban J connectivity index is 3.04. The molecule has 1 N–H and O–H groups in total. The molecule has 0 amide bonds. The van der Waals surface area contributed by atoms with Gasteiger partial charge in [-0.3, -0.25) is 0 Å². The zero-order valence-electron chi connectivity index (χ0n) is 9.35. The summed E-state index contributed by atoms with van der Waals surface area (Å²) in [6.07, 6.45) is 0. The normalized spacial score (nSPS) is 13.2. The van der Waals surface area contributed by atoms with Gasteiger partial charge in [-0.15, -0.1) is 0 Å². The third kappa shape index (κ3) is 3.18. The van der Waals surface area contributed by atoms with Gasteiger partial charge in [0.25, 0.3) is 0 Å². The van der Waals surface area contributed by atoms with Gasteiger partial charge in [-0.05, 0) is 36.7 Å². The first-order valence-electron chi connectivity index (χ1n) is 5.15. The molecule has 0 saturated heterocycles. The van der Waals surface area contributed by atoms with Gasteiger partial charge in [0.15, 0.2) is 0 Å². The minimum Gasteiger partial charge on any atom is -0.319 e. The van der Waals surface area contributed by atoms with E-state index in [9.17, 15) is 4.39 Å². The first-order valence-corrected chi connectivity index (χ1v) is 5.53. The minimum atomic E-state index is -0.173. The van der Waals surface area contributed by atoms with E-state index >= 15 is 0 Å². The fraction of sp³-hybridized carbons (Fsp3) is 0.500. The van der Waals surface area contributed by atoms with Crippen LogP contribution in [0.4, 0.5) is 4.39 Å². The molecule has 3 heteroatoms. The van der Waals surface area contributed by atoms with Gasteiger partial charge in [0.05, 0.1) is 0 Å². The van der Waals surface area contributed by atoms with Crippen LogP contribution in [-0.4, -0.2) is 13.6 Å². The van der Waals surface area contributed by atoms with Crippen LogP contribution >= 0.6 is 11.6 Å². The van der Waals surface area contributed by atoms with Crippen LogP contribution in [0.2, 0.25) is 5.02 Å². The van der Waals surface area contributed by atoms with Crippen molar-refractivity contribution in [3.05, 3.63) is 34.6 Å². The van der Waals surface area contributed by atoms with Crippen molar-refractivity contribution in [3.8, 4) is 0 Å². The van der Waals surface area contributed by atoms with Crippen LogP contribution in [0.3, 0.4) is 0 Å². The number of nitrogens with one attached hydrogen (secondary N) is 1. The highest BCUT2D eigenvalue weighted by molar-refractivity contribution is 6.30. The summed E-state index contributed by atoms with van der Waals surface area (Å²) in [5.41, 5.74) is 0.701. The summed E-state index contributed by atoms with van der Waals surface area (Å²) in [5, 5.41) is 3.68. The smallest absolute Gasteiger partial charge is 0.126 e. The van der Waals surface area contributed by atoms with Crippen LogP contribution in [0.5, 0.6) is 0 Å². The lowest BCUT2D eigenvalue weighted by Gasteiger charge is -2.21. The van der Waals surface area contributed by atoms with Gasteiger partial charge in [0, 0.05) is 17.5 Å². The van der Waals surface area contributed by atoms with E-state index in [2.05, 4.69) is 19.2 Å². The second kappa shape index (κ2) is 5.47. The molecule has 0 aliphatic heterocycles. The van der Waals surface area contributed by atoms with Crippen molar-refractivity contribution in [2.24, 2.45) is 5.92 Å². The van der Waals surface area contributed by atoms with Crippen molar-refractivity contribution >= 4 is 11.6 Å².